The highest BCUT2D eigenvalue weighted by molar-refractivity contribution is 8.00. The van der Waals surface area contributed by atoms with Gasteiger partial charge in [0, 0.05) is 10.7 Å². The van der Waals surface area contributed by atoms with Gasteiger partial charge in [0.15, 0.2) is 0 Å². The molecule has 1 aliphatic heterocycles. The molecular formula is C15H10Cl2FNOS. The van der Waals surface area contributed by atoms with E-state index in [9.17, 15) is 9.18 Å². The summed E-state index contributed by atoms with van der Waals surface area (Å²) in [5, 5.41) is 0.493. The molecule has 2 aromatic rings. The largest absolute Gasteiger partial charge is 0.295 e. The van der Waals surface area contributed by atoms with Crippen LogP contribution in [-0.2, 0) is 4.79 Å². The molecule has 1 aliphatic rings. The summed E-state index contributed by atoms with van der Waals surface area (Å²) in [4.78, 5) is 13.8. The lowest BCUT2D eigenvalue weighted by molar-refractivity contribution is -0.115. The van der Waals surface area contributed by atoms with Crippen molar-refractivity contribution in [1.29, 1.82) is 0 Å². The van der Waals surface area contributed by atoms with E-state index in [1.54, 1.807) is 23.1 Å². The summed E-state index contributed by atoms with van der Waals surface area (Å²) >= 11 is 13.2. The molecule has 2 aromatic carbocycles. The highest BCUT2D eigenvalue weighted by Gasteiger charge is 2.34. The molecule has 2 nitrogen and oxygen atoms in total. The minimum absolute atomic E-state index is 0.00653. The molecule has 0 radical (unpaired) electrons. The van der Waals surface area contributed by atoms with E-state index in [1.165, 1.54) is 23.9 Å². The summed E-state index contributed by atoms with van der Waals surface area (Å²) in [7, 11) is 0. The van der Waals surface area contributed by atoms with Crippen molar-refractivity contribution >= 4 is 46.6 Å². The van der Waals surface area contributed by atoms with Crippen LogP contribution in [0.25, 0.3) is 0 Å². The van der Waals surface area contributed by atoms with Crippen LogP contribution in [0.4, 0.5) is 10.1 Å². The van der Waals surface area contributed by atoms with Crippen molar-refractivity contribution in [3.63, 3.8) is 0 Å². The lowest BCUT2D eigenvalue weighted by Gasteiger charge is -2.24. The Labute approximate surface area is 135 Å². The quantitative estimate of drug-likeness (QED) is 0.773. The predicted molar refractivity (Wildman–Crippen MR) is 85.5 cm³/mol. The molecule has 0 aliphatic carbocycles. The van der Waals surface area contributed by atoms with Crippen LogP contribution in [0.3, 0.4) is 0 Å². The summed E-state index contributed by atoms with van der Waals surface area (Å²) in [5.41, 5.74) is 1.56. The number of amides is 1. The third kappa shape index (κ3) is 2.89. The molecule has 0 saturated carbocycles. The van der Waals surface area contributed by atoms with Gasteiger partial charge in [-0.3, -0.25) is 9.69 Å². The van der Waals surface area contributed by atoms with E-state index in [4.69, 9.17) is 23.2 Å². The van der Waals surface area contributed by atoms with Gasteiger partial charge in [0.1, 0.15) is 11.2 Å². The van der Waals surface area contributed by atoms with Crippen molar-refractivity contribution in [1.82, 2.24) is 0 Å². The molecule has 0 bridgehead atoms. The molecule has 1 atom stereocenters. The molecule has 21 heavy (non-hydrogen) atoms. The molecule has 0 N–H and O–H groups in total. The van der Waals surface area contributed by atoms with E-state index in [0.717, 1.165) is 5.56 Å². The first-order valence-corrected chi connectivity index (χ1v) is 8.01. The molecule has 1 saturated heterocycles. The van der Waals surface area contributed by atoms with Gasteiger partial charge >= 0.3 is 0 Å². The first kappa shape index (κ1) is 14.7. The Morgan fingerprint density at radius 2 is 1.86 bits per heavy atom. The van der Waals surface area contributed by atoms with Crippen LogP contribution in [0.1, 0.15) is 10.9 Å². The van der Waals surface area contributed by atoms with Crippen molar-refractivity contribution < 1.29 is 9.18 Å². The number of halogens is 3. The van der Waals surface area contributed by atoms with Crippen LogP contribution >= 0.6 is 35.0 Å². The Morgan fingerprint density at radius 1 is 1.14 bits per heavy atom. The van der Waals surface area contributed by atoms with Gasteiger partial charge in [-0.2, -0.15) is 0 Å². The van der Waals surface area contributed by atoms with Crippen molar-refractivity contribution in [2.75, 3.05) is 10.7 Å². The summed E-state index contributed by atoms with van der Waals surface area (Å²) in [6, 6.07) is 11.7. The fourth-order valence-electron chi connectivity index (χ4n) is 2.21. The van der Waals surface area contributed by atoms with Gasteiger partial charge < -0.3 is 0 Å². The third-order valence-electron chi connectivity index (χ3n) is 3.20. The second kappa shape index (κ2) is 5.87. The predicted octanol–water partition coefficient (Wildman–Crippen LogP) is 4.91. The monoisotopic (exact) mass is 341 g/mol. The minimum Gasteiger partial charge on any atom is -0.295 e. The van der Waals surface area contributed by atoms with E-state index < -0.39 is 5.82 Å². The summed E-state index contributed by atoms with van der Waals surface area (Å²) in [5.74, 6) is -0.146. The average Bonchev–Trinajstić information content (AvgIpc) is 2.85. The highest BCUT2D eigenvalue weighted by atomic mass is 35.5. The van der Waals surface area contributed by atoms with Crippen LogP contribution in [0.5, 0.6) is 0 Å². The minimum atomic E-state index is -0.497. The maximum atomic E-state index is 13.3. The molecule has 0 unspecified atom stereocenters. The molecule has 6 heteroatoms. The SMILES string of the molecule is O=C1CS[C@H](c2ccc(Cl)cc2)N1c1ccc(F)c(Cl)c1. The molecule has 0 spiro atoms. The van der Waals surface area contributed by atoms with Gasteiger partial charge in [-0.1, -0.05) is 35.3 Å². The summed E-state index contributed by atoms with van der Waals surface area (Å²) in [6.07, 6.45) is 0. The smallest absolute Gasteiger partial charge is 0.238 e. The van der Waals surface area contributed by atoms with Crippen molar-refractivity contribution in [3.8, 4) is 0 Å². The number of rotatable bonds is 2. The number of anilines is 1. The lowest BCUT2D eigenvalue weighted by Crippen LogP contribution is -2.27. The van der Waals surface area contributed by atoms with Gasteiger partial charge in [0.2, 0.25) is 5.91 Å². The number of benzene rings is 2. The molecule has 1 heterocycles. The van der Waals surface area contributed by atoms with Crippen molar-refractivity contribution in [2.45, 2.75) is 5.37 Å². The van der Waals surface area contributed by atoms with Crippen LogP contribution in [-0.4, -0.2) is 11.7 Å². The van der Waals surface area contributed by atoms with Crippen molar-refractivity contribution in [2.24, 2.45) is 0 Å². The Balaban J connectivity index is 1.99. The van der Waals surface area contributed by atoms with Gasteiger partial charge in [0.05, 0.1) is 10.8 Å². The molecule has 1 fully saturated rings. The zero-order valence-electron chi connectivity index (χ0n) is 10.7. The lowest BCUT2D eigenvalue weighted by atomic mass is 10.2. The Morgan fingerprint density at radius 3 is 2.52 bits per heavy atom. The van der Waals surface area contributed by atoms with Crippen LogP contribution in [0.15, 0.2) is 42.5 Å². The van der Waals surface area contributed by atoms with E-state index in [1.807, 2.05) is 12.1 Å². The summed E-state index contributed by atoms with van der Waals surface area (Å²) in [6.45, 7) is 0. The number of hydrogen-bond donors (Lipinski definition) is 0. The fourth-order valence-corrected chi connectivity index (χ4v) is 3.69. The topological polar surface area (TPSA) is 20.3 Å². The maximum Gasteiger partial charge on any atom is 0.238 e. The zero-order valence-corrected chi connectivity index (χ0v) is 13.1. The van der Waals surface area contributed by atoms with Crippen molar-refractivity contribution in [3.05, 3.63) is 63.9 Å². The molecular weight excluding hydrogens is 332 g/mol. The summed E-state index contributed by atoms with van der Waals surface area (Å²) < 4.78 is 13.3. The number of thioether (sulfide) groups is 1. The van der Waals surface area contributed by atoms with Gasteiger partial charge in [-0.15, -0.1) is 11.8 Å². The van der Waals surface area contributed by atoms with Crippen LogP contribution in [0, 0.1) is 5.82 Å². The molecule has 108 valence electrons. The third-order valence-corrected chi connectivity index (χ3v) is 4.96. The van der Waals surface area contributed by atoms with E-state index in [-0.39, 0.29) is 16.3 Å². The zero-order chi connectivity index (χ0) is 15.0. The van der Waals surface area contributed by atoms with E-state index in [0.29, 0.717) is 16.5 Å². The standard InChI is InChI=1S/C15H10Cl2FNOS/c16-10-3-1-9(2-4-10)15-19(14(20)8-21-15)11-5-6-13(18)12(17)7-11/h1-7,15H,8H2/t15-/m1/s1. The van der Waals surface area contributed by atoms with E-state index >= 15 is 0 Å². The number of carbonyl (C=O) groups is 1. The molecule has 1 amide bonds. The fraction of sp³-hybridized carbons (Fsp3) is 0.133. The highest BCUT2D eigenvalue weighted by Crippen LogP contribution is 2.42. The number of carbonyl (C=O) groups excluding carboxylic acids is 1. The van der Waals surface area contributed by atoms with Gasteiger partial charge in [0.25, 0.3) is 0 Å². The number of nitrogens with zero attached hydrogens (tertiary/aromatic N) is 1. The molecule has 3 rings (SSSR count). The Bertz CT molecular complexity index is 693. The Kier molecular flexibility index (Phi) is 4.11. The first-order chi connectivity index (χ1) is 10.1. The number of hydrogen-bond acceptors (Lipinski definition) is 2. The average molecular weight is 342 g/mol. The van der Waals surface area contributed by atoms with Gasteiger partial charge in [-0.25, -0.2) is 4.39 Å². The second-order valence-corrected chi connectivity index (χ2v) is 6.49. The normalized spacial score (nSPS) is 18.3. The van der Waals surface area contributed by atoms with Crippen LogP contribution in [0.2, 0.25) is 10.0 Å². The molecule has 0 aromatic heterocycles. The second-order valence-electron chi connectivity index (χ2n) is 4.58. The first-order valence-electron chi connectivity index (χ1n) is 6.20. The maximum absolute atomic E-state index is 13.3. The van der Waals surface area contributed by atoms with Crippen LogP contribution < -0.4 is 4.90 Å². The van der Waals surface area contributed by atoms with Gasteiger partial charge in [-0.05, 0) is 35.9 Å². The Hall–Kier alpha value is -1.23. The van der Waals surface area contributed by atoms with E-state index in [2.05, 4.69) is 0 Å².